The van der Waals surface area contributed by atoms with E-state index in [0.29, 0.717) is 6.42 Å². The molecule has 0 aliphatic heterocycles. The summed E-state index contributed by atoms with van der Waals surface area (Å²) in [6, 6.07) is 8.48. The van der Waals surface area contributed by atoms with Crippen molar-refractivity contribution in [1.29, 1.82) is 0 Å². The molecule has 0 aliphatic rings. The molecule has 1 aromatic rings. The van der Waals surface area contributed by atoms with Gasteiger partial charge in [-0.05, 0) is 31.4 Å². The van der Waals surface area contributed by atoms with Crippen LogP contribution in [0.25, 0.3) is 0 Å². The number of carbonyl (C=O) groups is 1. The lowest BCUT2D eigenvalue weighted by Gasteiger charge is -2.23. The zero-order chi connectivity index (χ0) is 12.8. The summed E-state index contributed by atoms with van der Waals surface area (Å²) in [4.78, 5) is 13.7. The van der Waals surface area contributed by atoms with E-state index >= 15 is 0 Å². The van der Waals surface area contributed by atoms with Crippen LogP contribution in [0.2, 0.25) is 0 Å². The summed E-state index contributed by atoms with van der Waals surface area (Å²) in [5.41, 5.74) is 2.53. The Morgan fingerprint density at radius 2 is 2.06 bits per heavy atom. The van der Waals surface area contributed by atoms with Crippen LogP contribution >= 0.6 is 15.9 Å². The zero-order valence-electron chi connectivity index (χ0n) is 10.7. The maximum absolute atomic E-state index is 11.9. The quantitative estimate of drug-likeness (QED) is 0.765. The van der Waals surface area contributed by atoms with Crippen LogP contribution < -0.4 is 0 Å². The molecule has 0 heterocycles. The van der Waals surface area contributed by atoms with Crippen molar-refractivity contribution in [2.24, 2.45) is 0 Å². The van der Waals surface area contributed by atoms with Crippen molar-refractivity contribution in [3.63, 3.8) is 0 Å². The maximum Gasteiger partial charge on any atom is 0.222 e. The third kappa shape index (κ3) is 4.15. The first-order chi connectivity index (χ1) is 8.06. The lowest BCUT2D eigenvalue weighted by molar-refractivity contribution is -0.131. The monoisotopic (exact) mass is 297 g/mol. The second kappa shape index (κ2) is 6.80. The van der Waals surface area contributed by atoms with Gasteiger partial charge in [-0.1, -0.05) is 40.2 Å². The van der Waals surface area contributed by atoms with Crippen molar-refractivity contribution >= 4 is 21.8 Å². The van der Waals surface area contributed by atoms with Crippen molar-refractivity contribution in [3.8, 4) is 0 Å². The molecule has 0 radical (unpaired) electrons. The van der Waals surface area contributed by atoms with Crippen LogP contribution in [0.1, 0.15) is 24.5 Å². The van der Waals surface area contributed by atoms with E-state index in [2.05, 4.69) is 35.0 Å². The highest BCUT2D eigenvalue weighted by Gasteiger charge is 2.14. The summed E-state index contributed by atoms with van der Waals surface area (Å²) >= 11 is 3.40. The highest BCUT2D eigenvalue weighted by Crippen LogP contribution is 2.11. The minimum atomic E-state index is 0.209. The first-order valence-electron chi connectivity index (χ1n) is 5.92. The second-order valence-corrected chi connectivity index (χ2v) is 5.08. The number of amides is 1. The second-order valence-electron chi connectivity index (χ2n) is 4.43. The molecule has 1 unspecified atom stereocenters. The van der Waals surface area contributed by atoms with Crippen molar-refractivity contribution in [3.05, 3.63) is 35.4 Å². The van der Waals surface area contributed by atoms with Crippen molar-refractivity contribution in [2.45, 2.75) is 32.7 Å². The highest BCUT2D eigenvalue weighted by atomic mass is 79.9. The molecule has 0 N–H and O–H groups in total. The van der Waals surface area contributed by atoms with Gasteiger partial charge in [0.1, 0.15) is 0 Å². The molecule has 0 fully saturated rings. The third-order valence-corrected chi connectivity index (χ3v) is 4.08. The lowest BCUT2D eigenvalue weighted by atomic mass is 10.0. The van der Waals surface area contributed by atoms with E-state index in [9.17, 15) is 4.79 Å². The summed E-state index contributed by atoms with van der Waals surface area (Å²) in [6.45, 7) is 4.13. The average Bonchev–Trinajstić information content (AvgIpc) is 2.35. The van der Waals surface area contributed by atoms with Gasteiger partial charge in [0, 0.05) is 24.8 Å². The normalized spacial score (nSPS) is 12.2. The first-order valence-corrected chi connectivity index (χ1v) is 7.04. The van der Waals surface area contributed by atoms with Gasteiger partial charge in [0.15, 0.2) is 0 Å². The predicted molar refractivity (Wildman–Crippen MR) is 75.5 cm³/mol. The number of benzene rings is 1. The van der Waals surface area contributed by atoms with Crippen LogP contribution in [0.15, 0.2) is 24.3 Å². The van der Waals surface area contributed by atoms with Gasteiger partial charge in [-0.3, -0.25) is 4.79 Å². The summed E-state index contributed by atoms with van der Waals surface area (Å²) in [7, 11) is 1.87. The minimum Gasteiger partial charge on any atom is -0.342 e. The van der Waals surface area contributed by atoms with Gasteiger partial charge < -0.3 is 4.90 Å². The molecular weight excluding hydrogens is 278 g/mol. The molecule has 0 saturated heterocycles. The Bertz CT molecular complexity index is 378. The fourth-order valence-electron chi connectivity index (χ4n) is 1.66. The number of alkyl halides is 1. The van der Waals surface area contributed by atoms with Crippen molar-refractivity contribution in [2.75, 3.05) is 12.4 Å². The van der Waals surface area contributed by atoms with Gasteiger partial charge >= 0.3 is 0 Å². The van der Waals surface area contributed by atoms with E-state index in [-0.39, 0.29) is 11.9 Å². The molecule has 1 rings (SSSR count). The molecular formula is C14H20BrNO. The number of carbonyl (C=O) groups excluding carboxylic acids is 1. The van der Waals surface area contributed by atoms with Crippen LogP contribution in [0.5, 0.6) is 0 Å². The van der Waals surface area contributed by atoms with Crippen LogP contribution in [0.4, 0.5) is 0 Å². The number of nitrogens with zero attached hydrogens (tertiary/aromatic N) is 1. The third-order valence-electron chi connectivity index (χ3n) is 3.15. The SMILES string of the molecule is Cc1ccccc1CCC(=O)N(C)C(C)CBr. The number of rotatable bonds is 5. The zero-order valence-corrected chi connectivity index (χ0v) is 12.3. The molecule has 0 saturated carbocycles. The number of aryl methyl sites for hydroxylation is 2. The minimum absolute atomic E-state index is 0.209. The van der Waals surface area contributed by atoms with Gasteiger partial charge in [0.05, 0.1) is 0 Å². The largest absolute Gasteiger partial charge is 0.342 e. The predicted octanol–water partition coefficient (Wildman–Crippen LogP) is 3.17. The topological polar surface area (TPSA) is 20.3 Å². The smallest absolute Gasteiger partial charge is 0.222 e. The number of hydrogen-bond acceptors (Lipinski definition) is 1. The maximum atomic E-state index is 11.9. The van der Waals surface area contributed by atoms with Crippen LogP contribution in [-0.2, 0) is 11.2 Å². The van der Waals surface area contributed by atoms with Crippen LogP contribution in [0.3, 0.4) is 0 Å². The molecule has 1 amide bonds. The molecule has 2 nitrogen and oxygen atoms in total. The summed E-state index contributed by atoms with van der Waals surface area (Å²) in [6.07, 6.45) is 1.41. The highest BCUT2D eigenvalue weighted by molar-refractivity contribution is 9.09. The molecule has 0 bridgehead atoms. The molecule has 3 heteroatoms. The molecule has 0 aliphatic carbocycles. The Kier molecular flexibility index (Phi) is 5.69. The summed E-state index contributed by atoms with van der Waals surface area (Å²) < 4.78 is 0. The van der Waals surface area contributed by atoms with Crippen LogP contribution in [-0.4, -0.2) is 29.2 Å². The Balaban J connectivity index is 2.51. The molecule has 0 spiro atoms. The van der Waals surface area contributed by atoms with Gasteiger partial charge in [0.25, 0.3) is 0 Å². The van der Waals surface area contributed by atoms with Crippen LogP contribution in [0, 0.1) is 6.92 Å². The van der Waals surface area contributed by atoms with Gasteiger partial charge in [-0.15, -0.1) is 0 Å². The van der Waals surface area contributed by atoms with E-state index in [1.807, 2.05) is 31.0 Å². The molecule has 94 valence electrons. The van der Waals surface area contributed by atoms with E-state index in [0.717, 1.165) is 11.8 Å². The fourth-order valence-corrected chi connectivity index (χ4v) is 2.09. The number of halogens is 1. The lowest BCUT2D eigenvalue weighted by Crippen LogP contribution is -2.36. The summed E-state index contributed by atoms with van der Waals surface area (Å²) in [5, 5.41) is 0.819. The van der Waals surface area contributed by atoms with E-state index < -0.39 is 0 Å². The van der Waals surface area contributed by atoms with Crippen molar-refractivity contribution in [1.82, 2.24) is 4.90 Å². The van der Waals surface area contributed by atoms with E-state index in [4.69, 9.17) is 0 Å². The summed E-state index contributed by atoms with van der Waals surface area (Å²) in [5.74, 6) is 0.209. The Morgan fingerprint density at radius 3 is 2.65 bits per heavy atom. The molecule has 1 atom stereocenters. The average molecular weight is 298 g/mol. The van der Waals surface area contributed by atoms with E-state index in [1.54, 1.807) is 0 Å². The number of hydrogen-bond donors (Lipinski definition) is 0. The van der Waals surface area contributed by atoms with E-state index in [1.165, 1.54) is 11.1 Å². The molecule has 0 aromatic heterocycles. The van der Waals surface area contributed by atoms with Gasteiger partial charge in [0.2, 0.25) is 5.91 Å². The van der Waals surface area contributed by atoms with Crippen molar-refractivity contribution < 1.29 is 4.79 Å². The Labute approximate surface area is 112 Å². The standard InChI is InChI=1S/C14H20BrNO/c1-11-6-4-5-7-13(11)8-9-14(17)16(3)12(2)10-15/h4-7,12H,8-10H2,1-3H3. The van der Waals surface area contributed by atoms with Gasteiger partial charge in [-0.2, -0.15) is 0 Å². The molecule has 1 aromatic carbocycles. The Morgan fingerprint density at radius 1 is 1.41 bits per heavy atom. The molecule has 17 heavy (non-hydrogen) atoms. The van der Waals surface area contributed by atoms with Gasteiger partial charge in [-0.25, -0.2) is 0 Å². The Hall–Kier alpha value is -0.830. The fraction of sp³-hybridized carbons (Fsp3) is 0.500. The first kappa shape index (κ1) is 14.2.